The van der Waals surface area contributed by atoms with Gasteiger partial charge in [-0.2, -0.15) is 4.31 Å². The quantitative estimate of drug-likeness (QED) is 0.645. The summed E-state index contributed by atoms with van der Waals surface area (Å²) in [5.74, 6) is 1.77. The zero-order valence-corrected chi connectivity index (χ0v) is 19.9. The van der Waals surface area contributed by atoms with Crippen LogP contribution < -0.4 is 14.8 Å². The molecule has 0 bridgehead atoms. The molecule has 3 rings (SSSR count). The molecule has 7 nitrogen and oxygen atoms in total. The molecule has 0 radical (unpaired) electrons. The van der Waals surface area contributed by atoms with Crippen LogP contribution in [0, 0.1) is 11.8 Å². The number of amides is 1. The van der Waals surface area contributed by atoms with Gasteiger partial charge in [-0.3, -0.25) is 4.79 Å². The van der Waals surface area contributed by atoms with Crippen LogP contribution in [-0.4, -0.2) is 45.9 Å². The maximum atomic E-state index is 13.0. The molecular weight excluding hydrogens is 428 g/mol. The molecule has 1 saturated heterocycles. The van der Waals surface area contributed by atoms with Gasteiger partial charge < -0.3 is 14.8 Å². The van der Waals surface area contributed by atoms with Crippen LogP contribution in [0.3, 0.4) is 0 Å². The number of piperidine rings is 1. The summed E-state index contributed by atoms with van der Waals surface area (Å²) in [5.41, 5.74) is 1.44. The fourth-order valence-electron chi connectivity index (χ4n) is 4.28. The van der Waals surface area contributed by atoms with Crippen LogP contribution in [0.2, 0.25) is 0 Å². The Hall–Kier alpha value is -2.58. The Labute approximate surface area is 190 Å². The standard InChI is InChI=1S/C24H32N2O5S/c1-17-14-18(2)16-26(15-17)32(28,29)21-11-9-20(10-12-21)25-23(27)13-8-19-6-5-7-22(30-3)24(19)31-4/h5-7,9-12,17-18H,8,13-16H2,1-4H3,(H,25,27). The summed E-state index contributed by atoms with van der Waals surface area (Å²) in [5, 5.41) is 2.83. The summed E-state index contributed by atoms with van der Waals surface area (Å²) in [7, 11) is -0.393. The zero-order chi connectivity index (χ0) is 23.3. The van der Waals surface area contributed by atoms with E-state index in [9.17, 15) is 13.2 Å². The van der Waals surface area contributed by atoms with Gasteiger partial charge in [0.15, 0.2) is 11.5 Å². The molecule has 1 N–H and O–H groups in total. The van der Waals surface area contributed by atoms with Crippen LogP contribution in [0.15, 0.2) is 47.4 Å². The second kappa shape index (κ2) is 10.4. The molecule has 2 aromatic rings. The molecular formula is C24H32N2O5S. The Bertz CT molecular complexity index is 1030. The summed E-state index contributed by atoms with van der Waals surface area (Å²) in [6.07, 6.45) is 1.79. The van der Waals surface area contributed by atoms with Crippen LogP contribution in [0.1, 0.15) is 32.3 Å². The SMILES string of the molecule is COc1cccc(CCC(=O)Nc2ccc(S(=O)(=O)N3CC(C)CC(C)C3)cc2)c1OC. The van der Waals surface area contributed by atoms with E-state index in [1.165, 1.54) is 0 Å². The van der Waals surface area contributed by atoms with Crippen LogP contribution >= 0.6 is 0 Å². The molecule has 1 aliphatic rings. The molecule has 1 amide bonds. The molecule has 2 atom stereocenters. The van der Waals surface area contributed by atoms with Gasteiger partial charge in [0, 0.05) is 25.2 Å². The number of sulfonamides is 1. The van der Waals surface area contributed by atoms with Crippen molar-refractivity contribution in [3.8, 4) is 11.5 Å². The van der Waals surface area contributed by atoms with Crippen molar-refractivity contribution < 1.29 is 22.7 Å². The average molecular weight is 461 g/mol. The average Bonchev–Trinajstić information content (AvgIpc) is 2.77. The van der Waals surface area contributed by atoms with Crippen molar-refractivity contribution >= 4 is 21.6 Å². The smallest absolute Gasteiger partial charge is 0.243 e. The highest BCUT2D eigenvalue weighted by molar-refractivity contribution is 7.89. The van der Waals surface area contributed by atoms with Gasteiger partial charge >= 0.3 is 0 Å². The largest absolute Gasteiger partial charge is 0.493 e. The van der Waals surface area contributed by atoms with E-state index in [-0.39, 0.29) is 17.2 Å². The summed E-state index contributed by atoms with van der Waals surface area (Å²) in [6.45, 7) is 5.24. The summed E-state index contributed by atoms with van der Waals surface area (Å²) in [4.78, 5) is 12.7. The Morgan fingerprint density at radius 3 is 2.28 bits per heavy atom. The number of nitrogens with zero attached hydrogens (tertiary/aromatic N) is 1. The molecule has 0 spiro atoms. The molecule has 174 valence electrons. The predicted molar refractivity (Wildman–Crippen MR) is 125 cm³/mol. The number of benzene rings is 2. The predicted octanol–water partition coefficient (Wildman–Crippen LogP) is 3.94. The van der Waals surface area contributed by atoms with E-state index in [0.29, 0.717) is 48.5 Å². The number of para-hydroxylation sites is 1. The highest BCUT2D eigenvalue weighted by Crippen LogP contribution is 2.31. The normalized spacial score (nSPS) is 19.4. The van der Waals surface area contributed by atoms with Gasteiger partial charge in [0.1, 0.15) is 0 Å². The van der Waals surface area contributed by atoms with Crippen LogP contribution in [0.4, 0.5) is 5.69 Å². The van der Waals surface area contributed by atoms with Gasteiger partial charge in [-0.05, 0) is 60.6 Å². The number of carbonyl (C=O) groups excluding carboxylic acids is 1. The molecule has 1 heterocycles. The first-order valence-electron chi connectivity index (χ1n) is 10.8. The van der Waals surface area contributed by atoms with E-state index >= 15 is 0 Å². The third kappa shape index (κ3) is 5.61. The Morgan fingerprint density at radius 1 is 1.03 bits per heavy atom. The molecule has 0 saturated carbocycles. The number of rotatable bonds is 8. The van der Waals surface area contributed by atoms with E-state index in [1.54, 1.807) is 42.8 Å². The second-order valence-corrected chi connectivity index (χ2v) is 10.4. The summed E-state index contributed by atoms with van der Waals surface area (Å²) < 4.78 is 38.3. The van der Waals surface area contributed by atoms with Crippen molar-refractivity contribution in [3.63, 3.8) is 0 Å². The van der Waals surface area contributed by atoms with E-state index in [2.05, 4.69) is 19.2 Å². The lowest BCUT2D eigenvalue weighted by molar-refractivity contribution is -0.116. The molecule has 0 aromatic heterocycles. The van der Waals surface area contributed by atoms with E-state index < -0.39 is 10.0 Å². The number of nitrogens with one attached hydrogen (secondary N) is 1. The minimum absolute atomic E-state index is 0.163. The molecule has 8 heteroatoms. The summed E-state index contributed by atoms with van der Waals surface area (Å²) >= 11 is 0. The van der Waals surface area contributed by atoms with Crippen LogP contribution in [0.5, 0.6) is 11.5 Å². The van der Waals surface area contributed by atoms with Crippen molar-refractivity contribution in [1.82, 2.24) is 4.31 Å². The minimum Gasteiger partial charge on any atom is -0.493 e. The molecule has 1 fully saturated rings. The first-order chi connectivity index (χ1) is 15.2. The van der Waals surface area contributed by atoms with Crippen molar-refractivity contribution in [3.05, 3.63) is 48.0 Å². The second-order valence-electron chi connectivity index (χ2n) is 8.49. The number of aryl methyl sites for hydroxylation is 1. The number of anilines is 1. The fourth-order valence-corrected chi connectivity index (χ4v) is 5.96. The lowest BCUT2D eigenvalue weighted by atomic mass is 9.94. The van der Waals surface area contributed by atoms with Crippen molar-refractivity contribution in [2.45, 2.75) is 38.0 Å². The highest BCUT2D eigenvalue weighted by Gasteiger charge is 2.31. The minimum atomic E-state index is -3.54. The third-order valence-electron chi connectivity index (χ3n) is 5.72. The van der Waals surface area contributed by atoms with E-state index in [0.717, 1.165) is 12.0 Å². The Balaban J connectivity index is 1.62. The number of ether oxygens (including phenoxy) is 2. The first-order valence-corrected chi connectivity index (χ1v) is 12.3. The first kappa shape index (κ1) is 24.1. The molecule has 1 aliphatic heterocycles. The lowest BCUT2D eigenvalue weighted by Crippen LogP contribution is -2.42. The number of carbonyl (C=O) groups is 1. The van der Waals surface area contributed by atoms with E-state index in [1.807, 2.05) is 18.2 Å². The maximum absolute atomic E-state index is 13.0. The highest BCUT2D eigenvalue weighted by atomic mass is 32.2. The topological polar surface area (TPSA) is 84.9 Å². The van der Waals surface area contributed by atoms with Gasteiger partial charge in [-0.25, -0.2) is 8.42 Å². The number of methoxy groups -OCH3 is 2. The molecule has 32 heavy (non-hydrogen) atoms. The van der Waals surface area contributed by atoms with Gasteiger partial charge in [0.2, 0.25) is 15.9 Å². The van der Waals surface area contributed by atoms with Crippen molar-refractivity contribution in [1.29, 1.82) is 0 Å². The van der Waals surface area contributed by atoms with Crippen LogP contribution in [-0.2, 0) is 21.2 Å². The number of hydrogen-bond acceptors (Lipinski definition) is 5. The molecule has 2 unspecified atom stereocenters. The Kier molecular flexibility index (Phi) is 7.79. The summed E-state index contributed by atoms with van der Waals surface area (Å²) in [6, 6.07) is 11.9. The van der Waals surface area contributed by atoms with Crippen LogP contribution in [0.25, 0.3) is 0 Å². The van der Waals surface area contributed by atoms with Gasteiger partial charge in [-0.15, -0.1) is 0 Å². The number of hydrogen-bond donors (Lipinski definition) is 1. The van der Waals surface area contributed by atoms with Gasteiger partial charge in [0.25, 0.3) is 0 Å². The lowest BCUT2D eigenvalue weighted by Gasteiger charge is -2.34. The fraction of sp³-hybridized carbons (Fsp3) is 0.458. The van der Waals surface area contributed by atoms with Gasteiger partial charge in [0.05, 0.1) is 19.1 Å². The van der Waals surface area contributed by atoms with Crippen molar-refractivity contribution in [2.24, 2.45) is 11.8 Å². The Morgan fingerprint density at radius 2 is 1.69 bits per heavy atom. The maximum Gasteiger partial charge on any atom is 0.243 e. The molecule has 2 aromatic carbocycles. The third-order valence-corrected chi connectivity index (χ3v) is 7.56. The molecule has 0 aliphatic carbocycles. The van der Waals surface area contributed by atoms with Gasteiger partial charge in [-0.1, -0.05) is 26.0 Å². The van der Waals surface area contributed by atoms with E-state index in [4.69, 9.17) is 9.47 Å². The van der Waals surface area contributed by atoms with Crippen molar-refractivity contribution in [2.75, 3.05) is 32.6 Å². The zero-order valence-electron chi connectivity index (χ0n) is 19.1. The monoisotopic (exact) mass is 460 g/mol.